The topological polar surface area (TPSA) is 98.9 Å². The van der Waals surface area contributed by atoms with Gasteiger partial charge in [0.05, 0.1) is 22.9 Å². The van der Waals surface area contributed by atoms with Crippen molar-refractivity contribution in [1.29, 1.82) is 5.26 Å². The number of hydrogen-bond donors (Lipinski definition) is 2. The quantitative estimate of drug-likeness (QED) is 0.867. The van der Waals surface area contributed by atoms with Crippen molar-refractivity contribution in [3.05, 3.63) is 54.6 Å². The number of aromatic hydroxyl groups is 1. The van der Waals surface area contributed by atoms with E-state index in [1.54, 1.807) is 6.92 Å². The molecular formula is C13H10BrN3O3. The molecule has 0 amide bonds. The molecular weight excluding hydrogens is 326 g/mol. The Bertz CT molecular complexity index is 830. The van der Waals surface area contributed by atoms with E-state index in [0.717, 1.165) is 4.57 Å². The molecule has 0 spiro atoms. The second-order valence-corrected chi connectivity index (χ2v) is 4.88. The Morgan fingerprint density at radius 3 is 2.70 bits per heavy atom. The van der Waals surface area contributed by atoms with Gasteiger partial charge >= 0.3 is 5.69 Å². The van der Waals surface area contributed by atoms with E-state index in [-0.39, 0.29) is 12.0 Å². The maximum absolute atomic E-state index is 11.9. The van der Waals surface area contributed by atoms with E-state index in [4.69, 9.17) is 5.26 Å². The standard InChI is InChI=1S/C13H10BrN3O3/c1-2-8-11(18)16-13(20)17(12(8)19)10-4-3-7(6-15)5-9(10)14/h3-5,19H,2H2,1H3,(H,16,18,20). The zero-order valence-electron chi connectivity index (χ0n) is 10.5. The van der Waals surface area contributed by atoms with Crippen LogP contribution in [0.15, 0.2) is 32.3 Å². The van der Waals surface area contributed by atoms with Gasteiger partial charge in [0.25, 0.3) is 5.56 Å². The summed E-state index contributed by atoms with van der Waals surface area (Å²) in [5.74, 6) is -0.397. The molecule has 0 aliphatic heterocycles. The minimum absolute atomic E-state index is 0.126. The van der Waals surface area contributed by atoms with Crippen molar-refractivity contribution in [1.82, 2.24) is 9.55 Å². The van der Waals surface area contributed by atoms with Crippen LogP contribution in [0, 0.1) is 11.3 Å². The van der Waals surface area contributed by atoms with E-state index >= 15 is 0 Å². The number of aromatic nitrogens is 2. The van der Waals surface area contributed by atoms with Crippen LogP contribution in [0.1, 0.15) is 18.1 Å². The number of nitrogens with zero attached hydrogens (tertiary/aromatic N) is 2. The molecule has 2 rings (SSSR count). The van der Waals surface area contributed by atoms with Gasteiger partial charge in [-0.05, 0) is 40.5 Å². The fourth-order valence-corrected chi connectivity index (χ4v) is 2.42. The van der Waals surface area contributed by atoms with E-state index in [2.05, 4.69) is 20.9 Å². The maximum atomic E-state index is 11.9. The highest BCUT2D eigenvalue weighted by atomic mass is 79.9. The Hall–Kier alpha value is -2.33. The van der Waals surface area contributed by atoms with Gasteiger partial charge in [-0.25, -0.2) is 9.36 Å². The van der Waals surface area contributed by atoms with Gasteiger partial charge < -0.3 is 5.11 Å². The summed E-state index contributed by atoms with van der Waals surface area (Å²) < 4.78 is 1.45. The second-order valence-electron chi connectivity index (χ2n) is 4.03. The normalized spacial score (nSPS) is 10.2. The lowest BCUT2D eigenvalue weighted by molar-refractivity contribution is 0.423. The van der Waals surface area contributed by atoms with Crippen LogP contribution >= 0.6 is 15.9 Å². The van der Waals surface area contributed by atoms with Gasteiger partial charge in [-0.15, -0.1) is 0 Å². The lowest BCUT2D eigenvalue weighted by Crippen LogP contribution is -2.31. The van der Waals surface area contributed by atoms with Gasteiger partial charge in [0.1, 0.15) is 0 Å². The Morgan fingerprint density at radius 2 is 2.15 bits per heavy atom. The summed E-state index contributed by atoms with van der Waals surface area (Å²) in [5, 5.41) is 18.9. The summed E-state index contributed by atoms with van der Waals surface area (Å²) in [6.45, 7) is 1.70. The van der Waals surface area contributed by atoms with Crippen molar-refractivity contribution in [2.45, 2.75) is 13.3 Å². The van der Waals surface area contributed by atoms with Crippen LogP contribution in [0.25, 0.3) is 5.69 Å². The van der Waals surface area contributed by atoms with E-state index in [1.807, 2.05) is 6.07 Å². The molecule has 0 radical (unpaired) electrons. The van der Waals surface area contributed by atoms with Crippen molar-refractivity contribution < 1.29 is 5.11 Å². The summed E-state index contributed by atoms with van der Waals surface area (Å²) in [4.78, 5) is 25.6. The SMILES string of the molecule is CCc1c(O)n(-c2ccc(C#N)cc2Br)c(=O)[nH]c1=O. The molecule has 7 heteroatoms. The fourth-order valence-electron chi connectivity index (χ4n) is 1.86. The van der Waals surface area contributed by atoms with E-state index in [9.17, 15) is 14.7 Å². The average Bonchev–Trinajstić information content (AvgIpc) is 2.40. The third-order valence-electron chi connectivity index (χ3n) is 2.85. The Kier molecular flexibility index (Phi) is 3.77. The van der Waals surface area contributed by atoms with Gasteiger partial charge in [-0.3, -0.25) is 9.78 Å². The molecule has 0 unspecified atom stereocenters. The first-order valence-corrected chi connectivity index (χ1v) is 6.56. The highest BCUT2D eigenvalue weighted by Gasteiger charge is 2.16. The molecule has 0 atom stereocenters. The number of nitrogens with one attached hydrogen (secondary N) is 1. The molecule has 2 aromatic rings. The number of H-pyrrole nitrogens is 1. The molecule has 0 saturated heterocycles. The molecule has 1 aromatic heterocycles. The molecule has 0 bridgehead atoms. The molecule has 1 aromatic carbocycles. The molecule has 102 valence electrons. The van der Waals surface area contributed by atoms with Crippen molar-refractivity contribution in [3.8, 4) is 17.6 Å². The van der Waals surface area contributed by atoms with Crippen LogP contribution in [0.3, 0.4) is 0 Å². The van der Waals surface area contributed by atoms with Crippen LogP contribution in [0.5, 0.6) is 5.88 Å². The molecule has 6 nitrogen and oxygen atoms in total. The average molecular weight is 336 g/mol. The Morgan fingerprint density at radius 1 is 1.45 bits per heavy atom. The summed E-state index contributed by atoms with van der Waals surface area (Å²) in [6, 6.07) is 6.53. The van der Waals surface area contributed by atoms with Crippen LogP contribution in [0.4, 0.5) is 0 Å². The minimum Gasteiger partial charge on any atom is -0.494 e. The molecule has 0 aliphatic rings. The predicted molar refractivity (Wildman–Crippen MR) is 76.1 cm³/mol. The largest absolute Gasteiger partial charge is 0.494 e. The van der Waals surface area contributed by atoms with Gasteiger partial charge in [-0.2, -0.15) is 5.26 Å². The lowest BCUT2D eigenvalue weighted by Gasteiger charge is -2.12. The highest BCUT2D eigenvalue weighted by molar-refractivity contribution is 9.10. The smallest absolute Gasteiger partial charge is 0.335 e. The van der Waals surface area contributed by atoms with Gasteiger partial charge in [0, 0.05) is 4.47 Å². The van der Waals surface area contributed by atoms with Crippen molar-refractivity contribution in [2.75, 3.05) is 0 Å². The number of aromatic amines is 1. The molecule has 2 N–H and O–H groups in total. The summed E-state index contributed by atoms with van der Waals surface area (Å²) >= 11 is 3.24. The number of nitriles is 1. The van der Waals surface area contributed by atoms with E-state index < -0.39 is 17.1 Å². The molecule has 20 heavy (non-hydrogen) atoms. The third kappa shape index (κ3) is 2.26. The van der Waals surface area contributed by atoms with Crippen molar-refractivity contribution >= 4 is 15.9 Å². The van der Waals surface area contributed by atoms with Gasteiger partial charge in [0.15, 0.2) is 0 Å². The van der Waals surface area contributed by atoms with E-state index in [0.29, 0.717) is 15.7 Å². The van der Waals surface area contributed by atoms with Gasteiger partial charge in [-0.1, -0.05) is 6.92 Å². The van der Waals surface area contributed by atoms with Crippen LogP contribution in [-0.4, -0.2) is 14.7 Å². The number of hydrogen-bond acceptors (Lipinski definition) is 4. The highest BCUT2D eigenvalue weighted by Crippen LogP contribution is 2.25. The number of halogens is 1. The fraction of sp³-hybridized carbons (Fsp3) is 0.154. The van der Waals surface area contributed by atoms with Crippen molar-refractivity contribution in [3.63, 3.8) is 0 Å². The summed E-state index contributed by atoms with van der Waals surface area (Å²) in [7, 11) is 0. The van der Waals surface area contributed by atoms with Crippen LogP contribution in [-0.2, 0) is 6.42 Å². The molecule has 0 fully saturated rings. The Labute approximate surface area is 122 Å². The summed E-state index contributed by atoms with van der Waals surface area (Å²) in [6.07, 6.45) is 0.287. The monoisotopic (exact) mass is 335 g/mol. The maximum Gasteiger partial charge on any atom is 0.335 e. The molecule has 0 saturated carbocycles. The van der Waals surface area contributed by atoms with Gasteiger partial charge in [0.2, 0.25) is 5.88 Å². The zero-order chi connectivity index (χ0) is 14.9. The second kappa shape index (κ2) is 5.35. The first-order chi connectivity index (χ1) is 9.49. The van der Waals surface area contributed by atoms with E-state index in [1.165, 1.54) is 18.2 Å². The number of benzene rings is 1. The first-order valence-electron chi connectivity index (χ1n) is 5.76. The minimum atomic E-state index is -0.741. The third-order valence-corrected chi connectivity index (χ3v) is 3.49. The Balaban J connectivity index is 2.81. The predicted octanol–water partition coefficient (Wildman–Crippen LogP) is 1.43. The first kappa shape index (κ1) is 14.1. The summed E-state index contributed by atoms with van der Waals surface area (Å²) in [5.41, 5.74) is -0.460. The van der Waals surface area contributed by atoms with Crippen LogP contribution in [0.2, 0.25) is 0 Å². The molecule has 1 heterocycles. The van der Waals surface area contributed by atoms with Crippen molar-refractivity contribution in [2.24, 2.45) is 0 Å². The zero-order valence-corrected chi connectivity index (χ0v) is 12.1. The van der Waals surface area contributed by atoms with Crippen LogP contribution < -0.4 is 11.2 Å². The molecule has 0 aliphatic carbocycles. The lowest BCUT2D eigenvalue weighted by atomic mass is 10.2. The number of rotatable bonds is 2.